The average Bonchev–Trinajstić information content (AvgIpc) is 2.58. The number of rotatable bonds is 4. The zero-order valence-corrected chi connectivity index (χ0v) is 13.3. The molecular weight excluding hydrogens is 458 g/mol. The van der Waals surface area contributed by atoms with Crippen molar-refractivity contribution >= 4 is 77.7 Å². The van der Waals surface area contributed by atoms with Gasteiger partial charge >= 0.3 is 0 Å². The molecule has 0 aromatic heterocycles. The van der Waals surface area contributed by atoms with Crippen LogP contribution in [0.5, 0.6) is 0 Å². The third-order valence-corrected chi connectivity index (χ3v) is 5.66. The van der Waals surface area contributed by atoms with E-state index in [9.17, 15) is 0 Å². The summed E-state index contributed by atoms with van der Waals surface area (Å²) in [6, 6.07) is 0. The lowest BCUT2D eigenvalue weighted by Gasteiger charge is -2.03. The average molecular weight is 465 g/mol. The Morgan fingerprint density at radius 2 is 2.08 bits per heavy atom. The monoisotopic (exact) mass is 462 g/mol. The Bertz CT molecular complexity index is 229. The van der Waals surface area contributed by atoms with Gasteiger partial charge in [-0.05, 0) is 44.9 Å². The van der Waals surface area contributed by atoms with Crippen LogP contribution in [0.4, 0.5) is 0 Å². The highest BCUT2D eigenvalue weighted by Gasteiger charge is 2.51. The fourth-order valence-corrected chi connectivity index (χ4v) is 1.73. The lowest BCUT2D eigenvalue weighted by molar-refractivity contribution is 0.149. The molecule has 0 heterocycles. The van der Waals surface area contributed by atoms with Gasteiger partial charge < -0.3 is 4.74 Å². The molecule has 0 saturated heterocycles. The molecule has 0 radical (unpaired) electrons. The van der Waals surface area contributed by atoms with Crippen molar-refractivity contribution in [2.24, 2.45) is 5.92 Å². The molecule has 1 saturated carbocycles. The van der Waals surface area contributed by atoms with E-state index in [2.05, 4.69) is 54.5 Å². The summed E-state index contributed by atoms with van der Waals surface area (Å²) < 4.78 is 6.90. The molecule has 0 amide bonds. The largest absolute Gasteiger partial charge is 0.376 e. The summed E-state index contributed by atoms with van der Waals surface area (Å²) in [5.41, 5.74) is 0. The van der Waals surface area contributed by atoms with Crippen LogP contribution in [-0.4, -0.2) is 17.5 Å². The summed E-state index contributed by atoms with van der Waals surface area (Å²) in [5, 5.41) is 0. The van der Waals surface area contributed by atoms with Crippen LogP contribution in [0.2, 0.25) is 0 Å². The third-order valence-electron chi connectivity index (χ3n) is 1.71. The Kier molecular flexibility index (Phi) is 5.36. The lowest BCUT2D eigenvalue weighted by atomic mass is 10.5. The van der Waals surface area contributed by atoms with Crippen LogP contribution in [0.1, 0.15) is 6.42 Å². The molecule has 6 heteroatoms. The van der Waals surface area contributed by atoms with Crippen molar-refractivity contribution in [1.29, 1.82) is 0 Å². The maximum atomic E-state index is 5.84. The Labute approximate surface area is 118 Å². The molecule has 1 unspecified atom stereocenters. The highest BCUT2D eigenvalue weighted by Crippen LogP contribution is 2.53. The summed E-state index contributed by atoms with van der Waals surface area (Å²) in [7, 11) is 0. The molecule has 0 aromatic carbocycles. The third kappa shape index (κ3) is 4.55. The smallest absolute Gasteiger partial charge is 0.123 e. The topological polar surface area (TPSA) is 9.23 Å². The summed E-state index contributed by atoms with van der Waals surface area (Å²) in [6.07, 6.45) is 0.836. The summed E-state index contributed by atoms with van der Waals surface area (Å²) in [5.74, 6) is 0.295. The second kappa shape index (κ2) is 5.34. The van der Waals surface area contributed by atoms with E-state index < -0.39 is 4.33 Å². The van der Waals surface area contributed by atoms with Gasteiger partial charge in [0.2, 0.25) is 0 Å². The van der Waals surface area contributed by atoms with Gasteiger partial charge in [-0.3, -0.25) is 0 Å². The molecule has 1 atom stereocenters. The van der Waals surface area contributed by atoms with E-state index >= 15 is 0 Å². The maximum Gasteiger partial charge on any atom is 0.123 e. The predicted molar refractivity (Wildman–Crippen MR) is 72.3 cm³/mol. The standard InChI is InChI=1S/C7H7Br2Cl2IO/c8-5(6(9)12)3-13-2-4-1-7(4,10)11/h4H,1-3H2. The first-order valence-corrected chi connectivity index (χ1v) is 7.01. The molecule has 13 heavy (non-hydrogen) atoms. The van der Waals surface area contributed by atoms with Gasteiger partial charge in [0.1, 0.15) is 4.33 Å². The van der Waals surface area contributed by atoms with E-state index in [1.165, 1.54) is 0 Å². The van der Waals surface area contributed by atoms with Crippen molar-refractivity contribution < 1.29 is 4.74 Å². The second-order valence-corrected chi connectivity index (χ2v) is 8.70. The number of hydrogen-bond acceptors (Lipinski definition) is 1. The van der Waals surface area contributed by atoms with Gasteiger partial charge in [-0.15, -0.1) is 23.2 Å². The molecule has 0 N–H and O–H groups in total. The number of ether oxygens (including phenoxy) is 1. The van der Waals surface area contributed by atoms with Gasteiger partial charge in [-0.2, -0.15) is 0 Å². The quantitative estimate of drug-likeness (QED) is 0.437. The van der Waals surface area contributed by atoms with Crippen LogP contribution in [-0.2, 0) is 4.74 Å². The Balaban J connectivity index is 2.13. The summed E-state index contributed by atoms with van der Waals surface area (Å²) in [6.45, 7) is 1.18. The van der Waals surface area contributed by atoms with E-state index in [0.717, 1.165) is 13.4 Å². The molecule has 76 valence electrons. The molecule has 0 bridgehead atoms. The highest BCUT2D eigenvalue weighted by atomic mass is 127. The van der Waals surface area contributed by atoms with Crippen molar-refractivity contribution in [3.05, 3.63) is 6.97 Å². The molecule has 1 aliphatic carbocycles. The van der Waals surface area contributed by atoms with Crippen molar-refractivity contribution in [2.75, 3.05) is 13.2 Å². The Hall–Kier alpha value is 1.97. The molecule has 1 fully saturated rings. The first kappa shape index (κ1) is 13.0. The Morgan fingerprint density at radius 3 is 2.46 bits per heavy atom. The second-order valence-electron chi connectivity index (χ2n) is 2.84. The van der Waals surface area contributed by atoms with E-state index in [1.54, 1.807) is 0 Å². The van der Waals surface area contributed by atoms with E-state index in [1.807, 2.05) is 0 Å². The molecule has 1 rings (SSSR count). The normalized spacial score (nSPS) is 27.0. The SMILES string of the molecule is ClC1(Cl)CC1COCC(Br)=C(Br)I. The summed E-state index contributed by atoms with van der Waals surface area (Å²) >= 11 is 20.5. The van der Waals surface area contributed by atoms with Crippen LogP contribution < -0.4 is 0 Å². The van der Waals surface area contributed by atoms with Gasteiger partial charge in [-0.1, -0.05) is 15.9 Å². The van der Waals surface area contributed by atoms with E-state index in [4.69, 9.17) is 27.9 Å². The molecule has 0 aromatic rings. The van der Waals surface area contributed by atoms with Crippen LogP contribution in [0.15, 0.2) is 6.97 Å². The molecule has 0 spiro atoms. The van der Waals surface area contributed by atoms with Crippen LogP contribution in [0.25, 0.3) is 0 Å². The van der Waals surface area contributed by atoms with Crippen LogP contribution >= 0.6 is 77.7 Å². The number of halogens is 5. The van der Waals surface area contributed by atoms with Crippen molar-refractivity contribution in [3.8, 4) is 0 Å². The minimum absolute atomic E-state index is 0.295. The molecular formula is C7H7Br2Cl2IO. The Morgan fingerprint density at radius 1 is 1.54 bits per heavy atom. The van der Waals surface area contributed by atoms with Crippen molar-refractivity contribution in [2.45, 2.75) is 10.8 Å². The van der Waals surface area contributed by atoms with E-state index in [-0.39, 0.29) is 0 Å². The van der Waals surface area contributed by atoms with E-state index in [0.29, 0.717) is 19.1 Å². The van der Waals surface area contributed by atoms with Gasteiger partial charge in [0.15, 0.2) is 0 Å². The highest BCUT2D eigenvalue weighted by molar-refractivity contribution is 14.1. The molecule has 1 aliphatic rings. The van der Waals surface area contributed by atoms with Gasteiger partial charge in [0, 0.05) is 10.4 Å². The fraction of sp³-hybridized carbons (Fsp3) is 0.714. The van der Waals surface area contributed by atoms with Gasteiger partial charge in [0.25, 0.3) is 0 Å². The van der Waals surface area contributed by atoms with Gasteiger partial charge in [0.05, 0.1) is 15.7 Å². The van der Waals surface area contributed by atoms with Crippen LogP contribution in [0, 0.1) is 5.92 Å². The predicted octanol–water partition coefficient (Wildman–Crippen LogP) is 4.59. The summed E-state index contributed by atoms with van der Waals surface area (Å²) in [4.78, 5) is 0. The lowest BCUT2D eigenvalue weighted by Crippen LogP contribution is -2.03. The molecule has 0 aliphatic heterocycles. The number of hydrogen-bond donors (Lipinski definition) is 0. The minimum Gasteiger partial charge on any atom is -0.376 e. The molecule has 1 nitrogen and oxygen atoms in total. The minimum atomic E-state index is -0.530. The zero-order chi connectivity index (χ0) is 10.1. The maximum absolute atomic E-state index is 5.84. The van der Waals surface area contributed by atoms with Crippen molar-refractivity contribution in [1.82, 2.24) is 0 Å². The van der Waals surface area contributed by atoms with Gasteiger partial charge in [-0.25, -0.2) is 0 Å². The number of alkyl halides is 2. The van der Waals surface area contributed by atoms with Crippen molar-refractivity contribution in [3.63, 3.8) is 0 Å². The zero-order valence-electron chi connectivity index (χ0n) is 6.50. The fourth-order valence-electron chi connectivity index (χ4n) is 0.796. The van der Waals surface area contributed by atoms with Crippen LogP contribution in [0.3, 0.4) is 0 Å². The first-order chi connectivity index (χ1) is 5.93. The first-order valence-electron chi connectivity index (χ1n) is 3.58.